The fraction of sp³-hybridized carbons (Fsp3) is 0.929. The summed E-state index contributed by atoms with van der Waals surface area (Å²) in [5.74, 6) is 0.286. The van der Waals surface area contributed by atoms with Crippen LogP contribution < -0.4 is 5.32 Å². The topological polar surface area (TPSA) is 41.6 Å². The minimum Gasteiger partial charge on any atom is -0.378 e. The smallest absolute Gasteiger partial charge is 0.225 e. The van der Waals surface area contributed by atoms with Crippen molar-refractivity contribution in [2.45, 2.75) is 64.1 Å². The van der Waals surface area contributed by atoms with Crippen LogP contribution >= 0.6 is 0 Å². The Kier molecular flexibility index (Phi) is 5.01. The average molecular weight is 254 g/mol. The summed E-state index contributed by atoms with van der Waals surface area (Å²) in [7, 11) is 0. The summed E-state index contributed by atoms with van der Waals surface area (Å²) < 4.78 is 5.57. The second-order valence-corrected chi connectivity index (χ2v) is 5.46. The normalized spacial score (nSPS) is 32.8. The van der Waals surface area contributed by atoms with Crippen molar-refractivity contribution in [2.75, 3.05) is 19.7 Å². The van der Waals surface area contributed by atoms with Crippen molar-refractivity contribution in [3.63, 3.8) is 0 Å². The molecule has 2 saturated heterocycles. The lowest BCUT2D eigenvalue weighted by molar-refractivity contribution is -0.137. The average Bonchev–Trinajstić information content (AvgIpc) is 2.90. The SMILES string of the molecule is CCC1CN(C(=O)CC2CCCO2)C(CC)CN1. The lowest BCUT2D eigenvalue weighted by Crippen LogP contribution is -2.58. The highest BCUT2D eigenvalue weighted by Gasteiger charge is 2.31. The number of carbonyl (C=O) groups is 1. The second-order valence-electron chi connectivity index (χ2n) is 5.46. The molecular formula is C14H26N2O2. The van der Waals surface area contributed by atoms with Crippen molar-refractivity contribution in [3.05, 3.63) is 0 Å². The molecule has 1 N–H and O–H groups in total. The van der Waals surface area contributed by atoms with Crippen molar-refractivity contribution >= 4 is 5.91 Å². The molecule has 18 heavy (non-hydrogen) atoms. The molecule has 2 aliphatic heterocycles. The Morgan fingerprint density at radius 1 is 1.39 bits per heavy atom. The standard InChI is InChI=1S/C14H26N2O2/c1-3-11-10-16(12(4-2)9-15-11)14(17)8-13-6-5-7-18-13/h11-13,15H,3-10H2,1-2H3. The monoisotopic (exact) mass is 254 g/mol. The number of piperazine rings is 1. The lowest BCUT2D eigenvalue weighted by Gasteiger charge is -2.40. The second kappa shape index (κ2) is 6.53. The van der Waals surface area contributed by atoms with E-state index in [1.807, 2.05) is 0 Å². The molecule has 104 valence electrons. The molecule has 2 heterocycles. The number of ether oxygens (including phenoxy) is 1. The zero-order valence-electron chi connectivity index (χ0n) is 11.7. The molecule has 4 heteroatoms. The van der Waals surface area contributed by atoms with E-state index >= 15 is 0 Å². The van der Waals surface area contributed by atoms with Gasteiger partial charge in [-0.1, -0.05) is 13.8 Å². The number of rotatable bonds is 4. The van der Waals surface area contributed by atoms with E-state index in [1.54, 1.807) is 0 Å². The lowest BCUT2D eigenvalue weighted by atomic mass is 10.0. The molecule has 2 aliphatic rings. The molecule has 2 rings (SSSR count). The molecule has 2 fully saturated rings. The van der Waals surface area contributed by atoms with E-state index in [-0.39, 0.29) is 12.0 Å². The van der Waals surface area contributed by atoms with Gasteiger partial charge in [-0.2, -0.15) is 0 Å². The fourth-order valence-electron chi connectivity index (χ4n) is 2.92. The number of hydrogen-bond acceptors (Lipinski definition) is 3. The Balaban J connectivity index is 1.91. The first kappa shape index (κ1) is 13.8. The molecule has 0 bridgehead atoms. The molecule has 0 saturated carbocycles. The van der Waals surface area contributed by atoms with Crippen molar-refractivity contribution in [3.8, 4) is 0 Å². The number of nitrogens with zero attached hydrogens (tertiary/aromatic N) is 1. The van der Waals surface area contributed by atoms with Crippen LogP contribution in [0.5, 0.6) is 0 Å². The third-order valence-corrected chi connectivity index (χ3v) is 4.21. The number of amides is 1. The highest BCUT2D eigenvalue weighted by atomic mass is 16.5. The Labute approximate surface area is 110 Å². The Morgan fingerprint density at radius 3 is 2.83 bits per heavy atom. The molecule has 1 amide bonds. The van der Waals surface area contributed by atoms with Gasteiger partial charge >= 0.3 is 0 Å². The van der Waals surface area contributed by atoms with Crippen LogP contribution in [0.1, 0.15) is 46.0 Å². The van der Waals surface area contributed by atoms with Gasteiger partial charge in [0.1, 0.15) is 0 Å². The van der Waals surface area contributed by atoms with Gasteiger partial charge in [-0.05, 0) is 25.7 Å². The first-order valence-electron chi connectivity index (χ1n) is 7.39. The van der Waals surface area contributed by atoms with E-state index in [0.29, 0.717) is 18.5 Å². The largest absolute Gasteiger partial charge is 0.378 e. The maximum Gasteiger partial charge on any atom is 0.225 e. The van der Waals surface area contributed by atoms with Crippen LogP contribution in [0, 0.1) is 0 Å². The molecule has 0 aromatic rings. The zero-order valence-corrected chi connectivity index (χ0v) is 11.7. The van der Waals surface area contributed by atoms with Gasteiger partial charge in [-0.15, -0.1) is 0 Å². The molecular weight excluding hydrogens is 228 g/mol. The highest BCUT2D eigenvalue weighted by Crippen LogP contribution is 2.19. The molecule has 3 unspecified atom stereocenters. The van der Waals surface area contributed by atoms with E-state index in [0.717, 1.165) is 45.4 Å². The van der Waals surface area contributed by atoms with Crippen LogP contribution in [0.2, 0.25) is 0 Å². The zero-order chi connectivity index (χ0) is 13.0. The first-order chi connectivity index (χ1) is 8.74. The third-order valence-electron chi connectivity index (χ3n) is 4.21. The number of hydrogen-bond donors (Lipinski definition) is 1. The van der Waals surface area contributed by atoms with Crippen LogP contribution in [-0.2, 0) is 9.53 Å². The summed E-state index contributed by atoms with van der Waals surface area (Å²) in [6.45, 7) is 6.96. The van der Waals surface area contributed by atoms with Gasteiger partial charge in [0, 0.05) is 31.8 Å². The van der Waals surface area contributed by atoms with Gasteiger partial charge in [-0.25, -0.2) is 0 Å². The predicted molar refractivity (Wildman–Crippen MR) is 71.5 cm³/mol. The van der Waals surface area contributed by atoms with Crippen LogP contribution in [-0.4, -0.2) is 48.7 Å². The van der Waals surface area contributed by atoms with Crippen LogP contribution in [0.25, 0.3) is 0 Å². The summed E-state index contributed by atoms with van der Waals surface area (Å²) in [5.41, 5.74) is 0. The van der Waals surface area contributed by atoms with Gasteiger partial charge < -0.3 is 15.0 Å². The predicted octanol–water partition coefficient (Wildman–Crippen LogP) is 1.54. The molecule has 0 aliphatic carbocycles. The summed E-state index contributed by atoms with van der Waals surface area (Å²) in [4.78, 5) is 14.5. The van der Waals surface area contributed by atoms with E-state index in [1.165, 1.54) is 0 Å². The van der Waals surface area contributed by atoms with Crippen LogP contribution in [0.3, 0.4) is 0 Å². The van der Waals surface area contributed by atoms with Crippen LogP contribution in [0.15, 0.2) is 0 Å². The maximum atomic E-state index is 12.4. The third kappa shape index (κ3) is 3.23. The van der Waals surface area contributed by atoms with Gasteiger partial charge in [0.15, 0.2) is 0 Å². The number of nitrogens with one attached hydrogen (secondary N) is 1. The molecule has 0 spiro atoms. The van der Waals surface area contributed by atoms with Crippen LogP contribution in [0.4, 0.5) is 0 Å². The number of carbonyl (C=O) groups excluding carboxylic acids is 1. The first-order valence-corrected chi connectivity index (χ1v) is 7.39. The molecule has 0 aromatic heterocycles. The minimum atomic E-state index is 0.171. The quantitative estimate of drug-likeness (QED) is 0.827. The molecule has 0 aromatic carbocycles. The molecule has 0 radical (unpaired) electrons. The summed E-state index contributed by atoms with van der Waals surface area (Å²) in [6.07, 6.45) is 5.01. The molecule has 4 nitrogen and oxygen atoms in total. The summed E-state index contributed by atoms with van der Waals surface area (Å²) in [5, 5.41) is 3.52. The van der Waals surface area contributed by atoms with Gasteiger partial charge in [0.2, 0.25) is 5.91 Å². The van der Waals surface area contributed by atoms with Gasteiger partial charge in [0.25, 0.3) is 0 Å². The Hall–Kier alpha value is -0.610. The van der Waals surface area contributed by atoms with Crippen molar-refractivity contribution in [2.24, 2.45) is 0 Å². The Morgan fingerprint density at radius 2 is 2.22 bits per heavy atom. The van der Waals surface area contributed by atoms with Gasteiger partial charge in [-0.3, -0.25) is 4.79 Å². The van der Waals surface area contributed by atoms with Gasteiger partial charge in [0.05, 0.1) is 12.5 Å². The fourth-order valence-corrected chi connectivity index (χ4v) is 2.92. The van der Waals surface area contributed by atoms with E-state index in [4.69, 9.17) is 4.74 Å². The summed E-state index contributed by atoms with van der Waals surface area (Å²) >= 11 is 0. The molecule has 3 atom stereocenters. The highest BCUT2D eigenvalue weighted by molar-refractivity contribution is 5.77. The van der Waals surface area contributed by atoms with Crippen molar-refractivity contribution in [1.29, 1.82) is 0 Å². The van der Waals surface area contributed by atoms with E-state index in [9.17, 15) is 4.79 Å². The van der Waals surface area contributed by atoms with E-state index in [2.05, 4.69) is 24.1 Å². The minimum absolute atomic E-state index is 0.171. The van der Waals surface area contributed by atoms with Crippen molar-refractivity contribution < 1.29 is 9.53 Å². The summed E-state index contributed by atoms with van der Waals surface area (Å²) in [6, 6.07) is 0.822. The van der Waals surface area contributed by atoms with E-state index < -0.39 is 0 Å². The van der Waals surface area contributed by atoms with Crippen molar-refractivity contribution in [1.82, 2.24) is 10.2 Å². The maximum absolute atomic E-state index is 12.4. The Bertz CT molecular complexity index is 277.